The SMILES string of the molecule is Nc1nccc(Sc2cnc3[nH]c(N4CCC5(CC4)Oc4ccccc4[C@H]5N)nc3n2)c1Cl. The molecule has 0 saturated carbocycles. The molecule has 11 heteroatoms. The van der Waals surface area contributed by atoms with Crippen LogP contribution in [0, 0.1) is 0 Å². The van der Waals surface area contributed by atoms with Crippen molar-refractivity contribution in [3.8, 4) is 5.75 Å². The highest BCUT2D eigenvalue weighted by Crippen LogP contribution is 2.47. The molecule has 1 saturated heterocycles. The van der Waals surface area contributed by atoms with E-state index < -0.39 is 0 Å². The van der Waals surface area contributed by atoms with E-state index in [0.717, 1.165) is 48.1 Å². The summed E-state index contributed by atoms with van der Waals surface area (Å²) in [4.78, 5) is 24.1. The number of hydrogen-bond donors (Lipinski definition) is 3. The summed E-state index contributed by atoms with van der Waals surface area (Å²) in [5.74, 6) is 1.93. The number of anilines is 2. The zero-order chi connectivity index (χ0) is 22.6. The summed E-state index contributed by atoms with van der Waals surface area (Å²) in [7, 11) is 0. The maximum absolute atomic E-state index is 6.59. The van der Waals surface area contributed by atoms with Gasteiger partial charge in [0.1, 0.15) is 22.2 Å². The largest absolute Gasteiger partial charge is 0.485 e. The van der Waals surface area contributed by atoms with Crippen molar-refractivity contribution in [3.05, 3.63) is 53.3 Å². The van der Waals surface area contributed by atoms with Crippen LogP contribution in [-0.4, -0.2) is 43.6 Å². The fourth-order valence-electron chi connectivity index (χ4n) is 4.50. The molecule has 2 aliphatic heterocycles. The quantitative estimate of drug-likeness (QED) is 0.402. The first-order chi connectivity index (χ1) is 16.0. The zero-order valence-corrected chi connectivity index (χ0v) is 19.1. The van der Waals surface area contributed by atoms with Crippen LogP contribution in [0.1, 0.15) is 24.4 Å². The lowest BCUT2D eigenvalue weighted by Gasteiger charge is -2.40. The molecule has 0 radical (unpaired) electrons. The Labute approximate surface area is 198 Å². The number of rotatable bonds is 3. The number of aromatic nitrogens is 5. The number of H-pyrrole nitrogens is 1. The zero-order valence-electron chi connectivity index (χ0n) is 17.5. The van der Waals surface area contributed by atoms with Crippen LogP contribution in [0.2, 0.25) is 5.02 Å². The van der Waals surface area contributed by atoms with Gasteiger partial charge in [-0.3, -0.25) is 0 Å². The van der Waals surface area contributed by atoms with E-state index in [-0.39, 0.29) is 17.5 Å². The van der Waals surface area contributed by atoms with Gasteiger partial charge < -0.3 is 26.1 Å². The number of hydrogen-bond acceptors (Lipinski definition) is 9. The predicted octanol–water partition coefficient (Wildman–Crippen LogP) is 3.57. The number of ether oxygens (including phenoxy) is 1. The Hall–Kier alpha value is -3.08. The van der Waals surface area contributed by atoms with Gasteiger partial charge in [-0.15, -0.1) is 0 Å². The molecule has 1 spiro atoms. The number of benzene rings is 1. The summed E-state index contributed by atoms with van der Waals surface area (Å²) < 4.78 is 6.35. The van der Waals surface area contributed by atoms with Gasteiger partial charge in [0.15, 0.2) is 11.3 Å². The Bertz CT molecular complexity index is 1350. The van der Waals surface area contributed by atoms with Crippen LogP contribution in [0.15, 0.2) is 52.6 Å². The molecule has 5 heterocycles. The maximum Gasteiger partial charge on any atom is 0.206 e. The number of para-hydroxylation sites is 1. The first-order valence-electron chi connectivity index (χ1n) is 10.6. The summed E-state index contributed by atoms with van der Waals surface area (Å²) in [5, 5.41) is 1.08. The van der Waals surface area contributed by atoms with Crippen molar-refractivity contribution in [1.82, 2.24) is 24.9 Å². The van der Waals surface area contributed by atoms with Gasteiger partial charge in [-0.1, -0.05) is 41.6 Å². The number of fused-ring (bicyclic) bond motifs is 2. The van der Waals surface area contributed by atoms with Crippen LogP contribution in [-0.2, 0) is 0 Å². The second-order valence-corrected chi connectivity index (χ2v) is 9.66. The number of piperidine rings is 1. The van der Waals surface area contributed by atoms with Crippen molar-refractivity contribution < 1.29 is 4.74 Å². The molecule has 1 atom stereocenters. The van der Waals surface area contributed by atoms with E-state index in [4.69, 9.17) is 32.8 Å². The Balaban J connectivity index is 1.19. The topological polar surface area (TPSA) is 132 Å². The Morgan fingerprint density at radius 2 is 1.97 bits per heavy atom. The number of nitrogens with one attached hydrogen (secondary N) is 1. The first kappa shape index (κ1) is 20.5. The molecule has 9 nitrogen and oxygen atoms in total. The minimum atomic E-state index is -0.363. The van der Waals surface area contributed by atoms with E-state index in [1.165, 1.54) is 11.8 Å². The van der Waals surface area contributed by atoms with E-state index in [9.17, 15) is 0 Å². The molecular formula is C22H21ClN8OS. The molecule has 0 aliphatic carbocycles. The monoisotopic (exact) mass is 480 g/mol. The maximum atomic E-state index is 6.59. The van der Waals surface area contributed by atoms with Crippen molar-refractivity contribution in [2.24, 2.45) is 5.73 Å². The Kier molecular flexibility index (Phi) is 4.82. The third-order valence-electron chi connectivity index (χ3n) is 6.31. The summed E-state index contributed by atoms with van der Waals surface area (Å²) in [6, 6.07) is 9.72. The van der Waals surface area contributed by atoms with Crippen molar-refractivity contribution in [2.45, 2.75) is 34.4 Å². The fourth-order valence-corrected chi connectivity index (χ4v) is 5.52. The van der Waals surface area contributed by atoms with E-state index in [0.29, 0.717) is 21.3 Å². The van der Waals surface area contributed by atoms with Gasteiger partial charge >= 0.3 is 0 Å². The highest BCUT2D eigenvalue weighted by molar-refractivity contribution is 7.99. The van der Waals surface area contributed by atoms with Crippen molar-refractivity contribution >= 4 is 46.4 Å². The van der Waals surface area contributed by atoms with Crippen LogP contribution < -0.4 is 21.1 Å². The molecule has 0 amide bonds. The lowest BCUT2D eigenvalue weighted by Crippen LogP contribution is -2.51. The standard InChI is InChI=1S/C22H21ClN8OS/c23-16-14(5-8-26-18(16)25)33-15-11-27-19-20(28-15)30-21(29-19)31-9-6-22(7-10-31)17(24)12-3-1-2-4-13(12)32-22/h1-5,8,11,17H,6-7,9-10,24H2,(H2,25,26)(H,27,28,29,30)/t17-/m1/s1. The molecule has 5 N–H and O–H groups in total. The number of nitrogens with two attached hydrogens (primary N) is 2. The third-order valence-corrected chi connectivity index (χ3v) is 7.79. The van der Waals surface area contributed by atoms with Gasteiger partial charge in [0.2, 0.25) is 5.95 Å². The van der Waals surface area contributed by atoms with E-state index in [2.05, 4.69) is 30.9 Å². The number of pyridine rings is 1. The molecule has 2 aliphatic rings. The molecule has 168 valence electrons. The number of nitrogen functional groups attached to an aromatic ring is 1. The second kappa shape index (κ2) is 7.75. The lowest BCUT2D eigenvalue weighted by atomic mass is 9.83. The molecule has 0 bridgehead atoms. The summed E-state index contributed by atoms with van der Waals surface area (Å²) in [6.45, 7) is 1.55. The Morgan fingerprint density at radius 3 is 2.79 bits per heavy atom. The van der Waals surface area contributed by atoms with E-state index in [1.54, 1.807) is 18.5 Å². The van der Waals surface area contributed by atoms with Gasteiger partial charge in [0, 0.05) is 42.6 Å². The number of aromatic amines is 1. The average molecular weight is 481 g/mol. The highest BCUT2D eigenvalue weighted by atomic mass is 35.5. The van der Waals surface area contributed by atoms with E-state index in [1.807, 2.05) is 18.2 Å². The van der Waals surface area contributed by atoms with Gasteiger partial charge in [0.05, 0.1) is 17.3 Å². The second-order valence-electron chi connectivity index (χ2n) is 8.22. The fraction of sp³-hybridized carbons (Fsp3) is 0.273. The van der Waals surface area contributed by atoms with Gasteiger partial charge in [0.25, 0.3) is 0 Å². The third kappa shape index (κ3) is 3.45. The minimum Gasteiger partial charge on any atom is -0.485 e. The summed E-state index contributed by atoms with van der Waals surface area (Å²) >= 11 is 7.63. The van der Waals surface area contributed by atoms with Gasteiger partial charge in [-0.25, -0.2) is 15.0 Å². The lowest BCUT2D eigenvalue weighted by molar-refractivity contribution is 0.0430. The molecule has 1 fully saturated rings. The minimum absolute atomic E-state index is 0.122. The van der Waals surface area contributed by atoms with Crippen LogP contribution in [0.3, 0.4) is 0 Å². The van der Waals surface area contributed by atoms with Gasteiger partial charge in [-0.2, -0.15) is 4.98 Å². The molecule has 6 rings (SSSR count). The highest BCUT2D eigenvalue weighted by Gasteiger charge is 2.48. The van der Waals surface area contributed by atoms with Gasteiger partial charge in [-0.05, 0) is 12.1 Å². The van der Waals surface area contributed by atoms with Crippen LogP contribution >= 0.6 is 23.4 Å². The van der Waals surface area contributed by atoms with Crippen molar-refractivity contribution in [1.29, 1.82) is 0 Å². The normalized spacial score (nSPS) is 19.1. The number of imidazole rings is 1. The molecule has 1 aromatic carbocycles. The predicted molar refractivity (Wildman–Crippen MR) is 128 cm³/mol. The number of halogens is 1. The molecule has 0 unspecified atom stereocenters. The van der Waals surface area contributed by atoms with Crippen LogP contribution in [0.25, 0.3) is 11.3 Å². The van der Waals surface area contributed by atoms with Crippen molar-refractivity contribution in [2.75, 3.05) is 23.7 Å². The molecule has 3 aromatic heterocycles. The van der Waals surface area contributed by atoms with Crippen molar-refractivity contribution in [3.63, 3.8) is 0 Å². The molecular weight excluding hydrogens is 460 g/mol. The van der Waals surface area contributed by atoms with Crippen LogP contribution in [0.5, 0.6) is 5.75 Å². The molecule has 33 heavy (non-hydrogen) atoms. The smallest absolute Gasteiger partial charge is 0.206 e. The summed E-state index contributed by atoms with van der Waals surface area (Å²) in [5.41, 5.74) is 14.3. The summed E-state index contributed by atoms with van der Waals surface area (Å²) in [6.07, 6.45) is 4.92. The number of nitrogens with zero attached hydrogens (tertiary/aromatic N) is 5. The Morgan fingerprint density at radius 1 is 1.15 bits per heavy atom. The molecule has 4 aromatic rings. The van der Waals surface area contributed by atoms with E-state index >= 15 is 0 Å². The first-order valence-corrected chi connectivity index (χ1v) is 11.8. The van der Waals surface area contributed by atoms with Crippen LogP contribution in [0.4, 0.5) is 11.8 Å². The average Bonchev–Trinajstić information content (AvgIpc) is 3.37.